The molecule has 0 bridgehead atoms. The number of carbonyl (C=O) groups excluding carboxylic acids is 1. The first-order valence-electron chi connectivity index (χ1n) is 10.5. The van der Waals surface area contributed by atoms with Gasteiger partial charge < -0.3 is 9.88 Å². The van der Waals surface area contributed by atoms with E-state index in [9.17, 15) is 4.79 Å². The molecular formula is C24H22N6OS. The van der Waals surface area contributed by atoms with Crippen LogP contribution in [0.15, 0.2) is 72.4 Å². The van der Waals surface area contributed by atoms with E-state index in [0.29, 0.717) is 5.69 Å². The summed E-state index contributed by atoms with van der Waals surface area (Å²) in [5.74, 6) is 0.617. The lowest BCUT2D eigenvalue weighted by Crippen LogP contribution is -2.28. The zero-order valence-electron chi connectivity index (χ0n) is 17.8. The molecule has 0 spiro atoms. The van der Waals surface area contributed by atoms with Crippen molar-refractivity contribution in [3.05, 3.63) is 83.9 Å². The predicted molar refractivity (Wildman–Crippen MR) is 126 cm³/mol. The van der Waals surface area contributed by atoms with Gasteiger partial charge in [-0.05, 0) is 38.1 Å². The van der Waals surface area contributed by atoms with Crippen molar-refractivity contribution in [2.75, 3.05) is 0 Å². The number of aryl methyl sites for hydroxylation is 1. The van der Waals surface area contributed by atoms with Gasteiger partial charge in [0.2, 0.25) is 0 Å². The normalized spacial score (nSPS) is 12.2. The van der Waals surface area contributed by atoms with Gasteiger partial charge in [-0.2, -0.15) is 5.10 Å². The third-order valence-corrected chi connectivity index (χ3v) is 6.21. The van der Waals surface area contributed by atoms with Crippen molar-refractivity contribution in [1.82, 2.24) is 29.6 Å². The van der Waals surface area contributed by atoms with Crippen molar-refractivity contribution >= 4 is 28.3 Å². The van der Waals surface area contributed by atoms with Crippen LogP contribution in [-0.4, -0.2) is 30.2 Å². The molecule has 1 amide bonds. The highest BCUT2D eigenvalue weighted by Gasteiger charge is 2.20. The fourth-order valence-electron chi connectivity index (χ4n) is 3.76. The van der Waals surface area contributed by atoms with Gasteiger partial charge in [0, 0.05) is 23.7 Å². The van der Waals surface area contributed by atoms with Crippen molar-refractivity contribution in [3.63, 3.8) is 0 Å². The van der Waals surface area contributed by atoms with Gasteiger partial charge in [0.05, 0.1) is 29.0 Å². The Hall–Kier alpha value is -3.78. The van der Waals surface area contributed by atoms with E-state index in [2.05, 4.69) is 26.9 Å². The number of fused-ring (bicyclic) bond motifs is 1. The van der Waals surface area contributed by atoms with Crippen molar-refractivity contribution in [2.45, 2.75) is 26.4 Å². The second-order valence-electron chi connectivity index (χ2n) is 7.45. The third-order valence-electron chi connectivity index (χ3n) is 5.32. The van der Waals surface area contributed by atoms with Crippen molar-refractivity contribution < 1.29 is 4.79 Å². The van der Waals surface area contributed by atoms with Gasteiger partial charge in [0.1, 0.15) is 16.5 Å². The number of para-hydroxylation sites is 3. The molecule has 5 rings (SSSR count). The standard InChI is InChI=1S/C24H22N6OS/c1-3-29-21-12-8-7-11-19(21)27-22(29)16(2)26-23(31)20-15-32-24(28-20)17-13-25-30(14-17)18-9-5-4-6-10-18/h4-16H,3H2,1-2H3,(H,26,31). The van der Waals surface area contributed by atoms with Gasteiger partial charge >= 0.3 is 0 Å². The maximum atomic E-state index is 12.9. The molecule has 0 aliphatic carbocycles. The second-order valence-corrected chi connectivity index (χ2v) is 8.30. The minimum atomic E-state index is -0.249. The second kappa shape index (κ2) is 8.39. The Morgan fingerprint density at radius 1 is 1.09 bits per heavy atom. The number of aromatic nitrogens is 5. The molecule has 2 aromatic carbocycles. The topological polar surface area (TPSA) is 77.6 Å². The lowest BCUT2D eigenvalue weighted by Gasteiger charge is -2.14. The minimum absolute atomic E-state index is 0.217. The monoisotopic (exact) mass is 442 g/mol. The number of nitrogens with one attached hydrogen (secondary N) is 1. The average molecular weight is 443 g/mol. The molecule has 0 saturated carbocycles. The summed E-state index contributed by atoms with van der Waals surface area (Å²) in [5.41, 5.74) is 4.23. The Kier molecular flexibility index (Phi) is 5.28. The smallest absolute Gasteiger partial charge is 0.271 e. The number of benzene rings is 2. The fraction of sp³-hybridized carbons (Fsp3) is 0.167. The molecule has 0 fully saturated rings. The summed E-state index contributed by atoms with van der Waals surface area (Å²) in [6, 6.07) is 17.6. The van der Waals surface area contributed by atoms with Gasteiger partial charge in [-0.25, -0.2) is 14.6 Å². The number of rotatable bonds is 6. The Morgan fingerprint density at radius 3 is 2.69 bits per heavy atom. The van der Waals surface area contributed by atoms with E-state index in [1.165, 1.54) is 11.3 Å². The van der Waals surface area contributed by atoms with E-state index in [0.717, 1.165) is 39.7 Å². The van der Waals surface area contributed by atoms with E-state index >= 15 is 0 Å². The first kappa shape index (κ1) is 20.1. The predicted octanol–water partition coefficient (Wildman–Crippen LogP) is 4.86. The van der Waals surface area contributed by atoms with Crippen molar-refractivity contribution in [2.24, 2.45) is 0 Å². The van der Waals surface area contributed by atoms with E-state index in [1.807, 2.05) is 67.7 Å². The zero-order valence-corrected chi connectivity index (χ0v) is 18.6. The number of carbonyl (C=O) groups is 1. The number of imidazole rings is 1. The Balaban J connectivity index is 1.34. The molecule has 0 radical (unpaired) electrons. The molecule has 0 saturated heterocycles. The van der Waals surface area contributed by atoms with E-state index in [1.54, 1.807) is 16.3 Å². The Morgan fingerprint density at radius 2 is 1.88 bits per heavy atom. The number of amides is 1. The lowest BCUT2D eigenvalue weighted by atomic mass is 10.3. The average Bonchev–Trinajstić information content (AvgIpc) is 3.57. The summed E-state index contributed by atoms with van der Waals surface area (Å²) in [4.78, 5) is 22.2. The number of hydrogen-bond donors (Lipinski definition) is 1. The third kappa shape index (κ3) is 3.69. The van der Waals surface area contributed by atoms with Gasteiger partial charge in [-0.1, -0.05) is 30.3 Å². The molecule has 32 heavy (non-hydrogen) atoms. The van der Waals surface area contributed by atoms with Crippen LogP contribution < -0.4 is 5.32 Å². The molecule has 1 unspecified atom stereocenters. The van der Waals surface area contributed by atoms with Crippen LogP contribution in [0.2, 0.25) is 0 Å². The summed E-state index contributed by atoms with van der Waals surface area (Å²) in [5, 5.41) is 9.99. The number of thiazole rings is 1. The molecule has 160 valence electrons. The summed E-state index contributed by atoms with van der Waals surface area (Å²) in [6.45, 7) is 4.80. The van der Waals surface area contributed by atoms with Crippen LogP contribution in [0.5, 0.6) is 0 Å². The molecule has 1 N–H and O–H groups in total. The molecular weight excluding hydrogens is 420 g/mol. The van der Waals surface area contributed by atoms with Crippen LogP contribution in [-0.2, 0) is 6.54 Å². The zero-order chi connectivity index (χ0) is 22.1. The van der Waals surface area contributed by atoms with Crippen LogP contribution in [0.1, 0.15) is 36.2 Å². The van der Waals surface area contributed by atoms with Crippen LogP contribution in [0.4, 0.5) is 0 Å². The van der Waals surface area contributed by atoms with Crippen LogP contribution >= 0.6 is 11.3 Å². The Labute approximate surface area is 189 Å². The minimum Gasteiger partial charge on any atom is -0.341 e. The maximum Gasteiger partial charge on any atom is 0.271 e. The van der Waals surface area contributed by atoms with Crippen LogP contribution in [0.3, 0.4) is 0 Å². The maximum absolute atomic E-state index is 12.9. The van der Waals surface area contributed by atoms with E-state index in [4.69, 9.17) is 4.98 Å². The van der Waals surface area contributed by atoms with Crippen molar-refractivity contribution in [3.8, 4) is 16.3 Å². The summed E-state index contributed by atoms with van der Waals surface area (Å²) >= 11 is 1.43. The van der Waals surface area contributed by atoms with Crippen molar-refractivity contribution in [1.29, 1.82) is 0 Å². The Bertz CT molecular complexity index is 1380. The lowest BCUT2D eigenvalue weighted by molar-refractivity contribution is 0.0933. The quantitative estimate of drug-likeness (QED) is 0.408. The summed E-state index contributed by atoms with van der Waals surface area (Å²) in [6.07, 6.45) is 3.68. The van der Waals surface area contributed by atoms with Crippen LogP contribution in [0, 0.1) is 0 Å². The summed E-state index contributed by atoms with van der Waals surface area (Å²) in [7, 11) is 0. The van der Waals surface area contributed by atoms with Gasteiger partial charge in [-0.15, -0.1) is 11.3 Å². The van der Waals surface area contributed by atoms with Gasteiger partial charge in [0.15, 0.2) is 0 Å². The van der Waals surface area contributed by atoms with Crippen LogP contribution in [0.25, 0.3) is 27.3 Å². The highest BCUT2D eigenvalue weighted by Crippen LogP contribution is 2.25. The first-order chi connectivity index (χ1) is 15.6. The van der Waals surface area contributed by atoms with Gasteiger partial charge in [-0.3, -0.25) is 4.79 Å². The fourth-order valence-corrected chi connectivity index (χ4v) is 4.53. The molecule has 1 atom stereocenters. The summed E-state index contributed by atoms with van der Waals surface area (Å²) < 4.78 is 3.93. The van der Waals surface area contributed by atoms with Gasteiger partial charge in [0.25, 0.3) is 5.91 Å². The molecule has 5 aromatic rings. The SMILES string of the molecule is CCn1c(C(C)NC(=O)c2csc(-c3cnn(-c4ccccc4)c3)n2)nc2ccccc21. The number of nitrogens with zero attached hydrogens (tertiary/aromatic N) is 5. The molecule has 0 aliphatic heterocycles. The molecule has 7 nitrogen and oxygen atoms in total. The molecule has 3 aromatic heterocycles. The molecule has 8 heteroatoms. The van der Waals surface area contributed by atoms with E-state index < -0.39 is 0 Å². The number of hydrogen-bond acceptors (Lipinski definition) is 5. The molecule has 0 aliphatic rings. The largest absolute Gasteiger partial charge is 0.341 e. The highest BCUT2D eigenvalue weighted by molar-refractivity contribution is 7.13. The van der Waals surface area contributed by atoms with E-state index in [-0.39, 0.29) is 11.9 Å². The molecule has 3 heterocycles. The highest BCUT2D eigenvalue weighted by atomic mass is 32.1. The first-order valence-corrected chi connectivity index (χ1v) is 11.3.